The minimum Gasteiger partial charge on any atom is -0.463 e. The Morgan fingerprint density at radius 1 is 0.347 bits per heavy atom. The van der Waals surface area contributed by atoms with E-state index in [1.165, 1.54) is 167 Å². The highest BCUT2D eigenvalue weighted by Gasteiger charge is 2.03. The van der Waals surface area contributed by atoms with Gasteiger partial charge in [-0.1, -0.05) is 194 Å². The molecule has 0 aliphatic carbocycles. The first kappa shape index (κ1) is 49.9. The second kappa shape index (κ2) is 46.8. The van der Waals surface area contributed by atoms with Crippen molar-refractivity contribution in [3.8, 4) is 0 Å². The monoisotopic (exact) mass is 701 g/mol. The number of aliphatic hydroxyl groups excluding tert-OH is 2. The van der Waals surface area contributed by atoms with Crippen molar-refractivity contribution in [1.82, 2.24) is 0 Å². The van der Waals surface area contributed by atoms with E-state index in [2.05, 4.69) is 13.8 Å². The van der Waals surface area contributed by atoms with E-state index in [9.17, 15) is 9.59 Å². The van der Waals surface area contributed by atoms with Gasteiger partial charge in [-0.2, -0.15) is 0 Å². The summed E-state index contributed by atoms with van der Waals surface area (Å²) in [6.45, 7) is 5.57. The zero-order chi connectivity index (χ0) is 36.1. The Labute approximate surface area is 304 Å². The van der Waals surface area contributed by atoms with Gasteiger partial charge in [0.2, 0.25) is 0 Å². The topological polar surface area (TPSA) is 102 Å². The maximum atomic E-state index is 11.5. The van der Waals surface area contributed by atoms with Gasteiger partial charge in [-0.3, -0.25) is 9.59 Å². The number of carbonyl (C=O) groups excluding carboxylic acids is 2. The minimum atomic E-state index is -0.172. The van der Waals surface area contributed by atoms with Gasteiger partial charge in [0.1, 0.15) is 13.2 Å². The van der Waals surface area contributed by atoms with E-state index < -0.39 is 0 Å². The molecule has 0 heterocycles. The fourth-order valence-electron chi connectivity index (χ4n) is 5.97. The lowest BCUT2D eigenvalue weighted by molar-refractivity contribution is -0.146. The summed E-state index contributed by atoms with van der Waals surface area (Å²) in [5, 5.41) is 17.1. The van der Waals surface area contributed by atoms with Crippen LogP contribution >= 0.6 is 0 Å². The van der Waals surface area contributed by atoms with Crippen LogP contribution in [0, 0.1) is 0 Å². The minimum absolute atomic E-state index is 0.00702. The Morgan fingerprint density at radius 3 is 0.898 bits per heavy atom. The molecule has 0 spiro atoms. The summed E-state index contributed by atoms with van der Waals surface area (Å²) >= 11 is 0. The number of unbranched alkanes of at least 4 members (excludes halogenated alkanes) is 28. The van der Waals surface area contributed by atoms with Crippen LogP contribution in [-0.2, 0) is 23.8 Å². The van der Waals surface area contributed by atoms with Gasteiger partial charge in [0.15, 0.2) is 0 Å². The fourth-order valence-corrected chi connectivity index (χ4v) is 5.97. The average Bonchev–Trinajstić information content (AvgIpc) is 3.10. The van der Waals surface area contributed by atoms with E-state index in [0.717, 1.165) is 25.7 Å². The van der Waals surface area contributed by atoms with Gasteiger partial charge in [-0.25, -0.2) is 0 Å². The molecule has 0 bridgehead atoms. The molecule has 0 radical (unpaired) electrons. The average molecular weight is 701 g/mol. The summed E-state index contributed by atoms with van der Waals surface area (Å²) < 4.78 is 14.9. The van der Waals surface area contributed by atoms with Crippen molar-refractivity contribution in [2.24, 2.45) is 0 Å². The fraction of sp³-hybridized carbons (Fsp3) is 0.952. The van der Waals surface area contributed by atoms with Crippen molar-refractivity contribution < 1.29 is 34.0 Å². The van der Waals surface area contributed by atoms with E-state index >= 15 is 0 Å². The van der Waals surface area contributed by atoms with Crippen LogP contribution in [0.1, 0.15) is 219 Å². The Bertz CT molecular complexity index is 628. The molecule has 0 aromatic carbocycles. The van der Waals surface area contributed by atoms with E-state index in [0.29, 0.717) is 26.1 Å². The van der Waals surface area contributed by atoms with Crippen molar-refractivity contribution in [2.75, 3.05) is 39.6 Å². The van der Waals surface area contributed by atoms with Gasteiger partial charge in [-0.05, 0) is 12.8 Å². The second-order valence-electron chi connectivity index (χ2n) is 13.9. The number of aliphatic hydroxyl groups is 2. The van der Waals surface area contributed by atoms with Gasteiger partial charge >= 0.3 is 11.9 Å². The maximum Gasteiger partial charge on any atom is 0.305 e. The lowest BCUT2D eigenvalue weighted by Gasteiger charge is -2.05. The van der Waals surface area contributed by atoms with E-state index in [4.69, 9.17) is 24.4 Å². The molecule has 7 heteroatoms. The quantitative estimate of drug-likeness (QED) is 0.0486. The van der Waals surface area contributed by atoms with Crippen LogP contribution in [0.2, 0.25) is 0 Å². The first-order valence-electron chi connectivity index (χ1n) is 21.2. The zero-order valence-corrected chi connectivity index (χ0v) is 32.8. The number of carbonyl (C=O) groups is 2. The molecule has 294 valence electrons. The summed E-state index contributed by atoms with van der Waals surface area (Å²) in [4.78, 5) is 22.7. The molecular weight excluding hydrogens is 616 g/mol. The van der Waals surface area contributed by atoms with Crippen molar-refractivity contribution in [1.29, 1.82) is 0 Å². The van der Waals surface area contributed by atoms with Crippen LogP contribution in [0.5, 0.6) is 0 Å². The number of esters is 2. The smallest absolute Gasteiger partial charge is 0.305 e. The molecule has 0 unspecified atom stereocenters. The molecule has 0 saturated carbocycles. The second-order valence-corrected chi connectivity index (χ2v) is 13.9. The Morgan fingerprint density at radius 2 is 0.612 bits per heavy atom. The molecule has 7 nitrogen and oxygen atoms in total. The molecule has 2 N–H and O–H groups in total. The normalized spacial score (nSPS) is 10.9. The van der Waals surface area contributed by atoms with Crippen molar-refractivity contribution in [2.45, 2.75) is 219 Å². The van der Waals surface area contributed by atoms with Crippen LogP contribution in [0.4, 0.5) is 0 Å². The third-order valence-corrected chi connectivity index (χ3v) is 9.05. The predicted octanol–water partition coefficient (Wildman–Crippen LogP) is 11.6. The predicted molar refractivity (Wildman–Crippen MR) is 206 cm³/mol. The summed E-state index contributed by atoms with van der Waals surface area (Å²) in [6.07, 6.45) is 40.9. The molecular formula is C42H84O7. The molecule has 0 amide bonds. The number of ether oxygens (including phenoxy) is 3. The molecule has 0 aromatic rings. The van der Waals surface area contributed by atoms with Crippen LogP contribution in [0.3, 0.4) is 0 Å². The van der Waals surface area contributed by atoms with Gasteiger partial charge < -0.3 is 24.4 Å². The molecule has 0 aliphatic rings. The van der Waals surface area contributed by atoms with E-state index in [-0.39, 0.29) is 38.4 Å². The van der Waals surface area contributed by atoms with Crippen molar-refractivity contribution >= 4 is 11.9 Å². The lowest BCUT2D eigenvalue weighted by atomic mass is 10.0. The molecule has 0 saturated heterocycles. The van der Waals surface area contributed by atoms with E-state index in [1.54, 1.807) is 0 Å². The zero-order valence-electron chi connectivity index (χ0n) is 32.8. The van der Waals surface area contributed by atoms with Crippen LogP contribution in [0.15, 0.2) is 0 Å². The molecule has 0 aromatic heterocycles. The van der Waals surface area contributed by atoms with Crippen molar-refractivity contribution in [3.05, 3.63) is 0 Å². The number of hydrogen-bond donors (Lipinski definition) is 2. The highest BCUT2D eigenvalue weighted by Crippen LogP contribution is 2.15. The third-order valence-electron chi connectivity index (χ3n) is 9.05. The Hall–Kier alpha value is -1.18. The molecule has 0 aliphatic heterocycles. The number of rotatable bonds is 39. The van der Waals surface area contributed by atoms with Gasteiger partial charge in [0, 0.05) is 12.8 Å². The first-order valence-corrected chi connectivity index (χ1v) is 21.2. The molecule has 0 fully saturated rings. The summed E-state index contributed by atoms with van der Waals surface area (Å²) in [5.74, 6) is -0.305. The van der Waals surface area contributed by atoms with Crippen LogP contribution in [0.25, 0.3) is 0 Å². The molecule has 0 rings (SSSR count). The Kier molecular flexibility index (Phi) is 47.7. The van der Waals surface area contributed by atoms with Gasteiger partial charge in [0.25, 0.3) is 0 Å². The van der Waals surface area contributed by atoms with Crippen LogP contribution in [-0.4, -0.2) is 61.8 Å². The third kappa shape index (κ3) is 49.0. The standard InChI is InChI=1S/C22H44O4.C20H40O3/c1-2-3-4-5-6-7-8-9-10-11-12-13-14-15-16-17-22(24)26-21-20-25-19-18-23;1-2-3-4-5-6-7-8-9-10-11-12-13-14-15-16-17-20(22)23-19-18-21/h23H,2-21H2,1H3;21H,2-19H2,1H3. The highest BCUT2D eigenvalue weighted by molar-refractivity contribution is 5.69. The summed E-state index contributed by atoms with van der Waals surface area (Å²) in [5.41, 5.74) is 0. The molecule has 0 atom stereocenters. The summed E-state index contributed by atoms with van der Waals surface area (Å²) in [6, 6.07) is 0. The van der Waals surface area contributed by atoms with Gasteiger partial charge in [0.05, 0.1) is 26.4 Å². The number of hydrogen-bond acceptors (Lipinski definition) is 7. The van der Waals surface area contributed by atoms with Gasteiger partial charge in [-0.15, -0.1) is 0 Å². The lowest BCUT2D eigenvalue weighted by Crippen LogP contribution is -2.11. The van der Waals surface area contributed by atoms with Crippen molar-refractivity contribution in [3.63, 3.8) is 0 Å². The maximum absolute atomic E-state index is 11.5. The SMILES string of the molecule is CCCCCCCCCCCCCCCCCC(=O)OCCO.CCCCCCCCCCCCCCCCCC(=O)OCCOCCO. The van der Waals surface area contributed by atoms with Crippen LogP contribution < -0.4 is 0 Å². The summed E-state index contributed by atoms with van der Waals surface area (Å²) in [7, 11) is 0. The largest absolute Gasteiger partial charge is 0.463 e. The van der Waals surface area contributed by atoms with E-state index in [1.807, 2.05) is 0 Å². The highest BCUT2D eigenvalue weighted by atomic mass is 16.6. The Balaban J connectivity index is 0. The molecule has 49 heavy (non-hydrogen) atoms. The first-order chi connectivity index (χ1) is 24.1.